The van der Waals surface area contributed by atoms with Crippen molar-refractivity contribution in [3.63, 3.8) is 0 Å². The number of ether oxygens (including phenoxy) is 2. The molecule has 0 radical (unpaired) electrons. The van der Waals surface area contributed by atoms with Crippen LogP contribution in [-0.2, 0) is 10.0 Å². The summed E-state index contributed by atoms with van der Waals surface area (Å²) in [6, 6.07) is 4.36. The molecule has 0 spiro atoms. The van der Waals surface area contributed by atoms with Crippen LogP contribution < -0.4 is 14.2 Å². The van der Waals surface area contributed by atoms with Gasteiger partial charge in [-0.2, -0.15) is 0 Å². The van der Waals surface area contributed by atoms with Crippen LogP contribution in [0.15, 0.2) is 23.1 Å². The topological polar surface area (TPSA) is 105 Å². The summed E-state index contributed by atoms with van der Waals surface area (Å²) in [4.78, 5) is -0.121. The predicted molar refractivity (Wildman–Crippen MR) is 77.1 cm³/mol. The number of benzene rings is 1. The van der Waals surface area contributed by atoms with E-state index >= 15 is 0 Å². The summed E-state index contributed by atoms with van der Waals surface area (Å²) in [6.45, 7) is 0.620. The van der Waals surface area contributed by atoms with Gasteiger partial charge in [0.1, 0.15) is 16.4 Å². The van der Waals surface area contributed by atoms with E-state index in [9.17, 15) is 18.6 Å². The molecule has 7 nitrogen and oxygen atoms in total. The van der Waals surface area contributed by atoms with Crippen molar-refractivity contribution in [1.82, 2.24) is 4.72 Å². The van der Waals surface area contributed by atoms with Gasteiger partial charge < -0.3 is 19.7 Å². The fraction of sp³-hybridized carbons (Fsp3) is 0.538. The summed E-state index contributed by atoms with van der Waals surface area (Å²) in [5.74, 6) is 0.496. The Morgan fingerprint density at radius 3 is 2.24 bits per heavy atom. The maximum absolute atomic E-state index is 12.5. The van der Waals surface area contributed by atoms with Gasteiger partial charge in [-0.25, -0.2) is 13.1 Å². The minimum Gasteiger partial charge on any atom is -0.497 e. The number of rotatable bonds is 8. The van der Waals surface area contributed by atoms with E-state index in [1.54, 1.807) is 13.0 Å². The molecule has 0 saturated heterocycles. The van der Waals surface area contributed by atoms with E-state index in [0.29, 0.717) is 5.75 Å². The summed E-state index contributed by atoms with van der Waals surface area (Å²) in [7, 11) is -1.23. The van der Waals surface area contributed by atoms with E-state index in [4.69, 9.17) is 9.47 Å². The minimum absolute atomic E-state index is 0.121. The molecule has 0 saturated carbocycles. The lowest BCUT2D eigenvalue weighted by Crippen LogP contribution is -2.53. The molecule has 1 rings (SSSR count). The van der Waals surface area contributed by atoms with Crippen LogP contribution in [0.3, 0.4) is 0 Å². The quantitative estimate of drug-likeness (QED) is 0.628. The molecule has 1 aromatic rings. The van der Waals surface area contributed by atoms with Gasteiger partial charge in [-0.3, -0.25) is 0 Å². The zero-order chi connectivity index (χ0) is 16.1. The van der Waals surface area contributed by atoms with Crippen molar-refractivity contribution in [2.75, 3.05) is 27.4 Å². The maximum Gasteiger partial charge on any atom is 0.245 e. The van der Waals surface area contributed by atoms with Gasteiger partial charge in [0.05, 0.1) is 33.0 Å². The predicted octanol–water partition coefficient (Wildman–Crippen LogP) is 0.115. The molecule has 0 aliphatic heterocycles. The Morgan fingerprint density at radius 2 is 1.81 bits per heavy atom. The average Bonchev–Trinajstić information content (AvgIpc) is 2.52. The first-order chi connectivity index (χ1) is 9.87. The second-order valence-corrected chi connectivity index (χ2v) is 6.22. The Balaban J connectivity index is 3.30. The van der Waals surface area contributed by atoms with Crippen LogP contribution >= 0.6 is 0 Å². The van der Waals surface area contributed by atoms with Gasteiger partial charge in [0, 0.05) is 6.07 Å². The lowest BCUT2D eigenvalue weighted by Gasteiger charge is -2.29. The molecule has 120 valence electrons. The third-order valence-electron chi connectivity index (χ3n) is 3.29. The lowest BCUT2D eigenvalue weighted by molar-refractivity contribution is 0.105. The average molecular weight is 319 g/mol. The van der Waals surface area contributed by atoms with E-state index in [0.717, 1.165) is 0 Å². The molecular weight excluding hydrogens is 298 g/mol. The van der Waals surface area contributed by atoms with Gasteiger partial charge in [0.2, 0.25) is 10.0 Å². The van der Waals surface area contributed by atoms with E-state index in [2.05, 4.69) is 4.72 Å². The van der Waals surface area contributed by atoms with Gasteiger partial charge in [-0.05, 0) is 18.6 Å². The third-order valence-corrected chi connectivity index (χ3v) is 4.89. The van der Waals surface area contributed by atoms with Crippen LogP contribution in [0.1, 0.15) is 13.3 Å². The molecular formula is C13H21NO6S. The van der Waals surface area contributed by atoms with Crippen molar-refractivity contribution in [2.24, 2.45) is 0 Å². The number of aliphatic hydroxyl groups is 2. The molecule has 1 aromatic carbocycles. The molecule has 0 aliphatic rings. The number of sulfonamides is 1. The van der Waals surface area contributed by atoms with Gasteiger partial charge in [0.15, 0.2) is 0 Å². The zero-order valence-corrected chi connectivity index (χ0v) is 13.1. The summed E-state index contributed by atoms with van der Waals surface area (Å²) in [6.07, 6.45) is 0.228. The first-order valence-electron chi connectivity index (χ1n) is 6.35. The van der Waals surface area contributed by atoms with Crippen LogP contribution in [-0.4, -0.2) is 51.6 Å². The highest BCUT2D eigenvalue weighted by Crippen LogP contribution is 2.29. The summed E-state index contributed by atoms with van der Waals surface area (Å²) < 4.78 is 37.4. The number of hydrogen-bond acceptors (Lipinski definition) is 6. The molecule has 21 heavy (non-hydrogen) atoms. The summed E-state index contributed by atoms with van der Waals surface area (Å²) in [5, 5.41) is 18.7. The second-order valence-electron chi connectivity index (χ2n) is 4.57. The fourth-order valence-corrected chi connectivity index (χ4v) is 3.39. The first kappa shape index (κ1) is 17.7. The molecule has 0 aliphatic carbocycles. The second kappa shape index (κ2) is 7.08. The summed E-state index contributed by atoms with van der Waals surface area (Å²) >= 11 is 0. The number of hydrogen-bond donors (Lipinski definition) is 3. The van der Waals surface area contributed by atoms with E-state index in [1.807, 2.05) is 0 Å². The zero-order valence-electron chi connectivity index (χ0n) is 12.3. The molecule has 8 heteroatoms. The normalized spacial score (nSPS) is 12.2. The Bertz CT molecular complexity index is 560. The molecule has 0 aromatic heterocycles. The highest BCUT2D eigenvalue weighted by molar-refractivity contribution is 7.89. The first-order valence-corrected chi connectivity index (χ1v) is 7.84. The van der Waals surface area contributed by atoms with Crippen molar-refractivity contribution in [1.29, 1.82) is 0 Å². The smallest absolute Gasteiger partial charge is 0.245 e. The van der Waals surface area contributed by atoms with Crippen molar-refractivity contribution in [2.45, 2.75) is 23.8 Å². The third kappa shape index (κ3) is 3.85. The molecule has 0 unspecified atom stereocenters. The number of aliphatic hydroxyl groups excluding tert-OH is 2. The number of nitrogens with one attached hydrogen (secondary N) is 1. The Kier molecular flexibility index (Phi) is 5.97. The molecule has 0 atom stereocenters. The van der Waals surface area contributed by atoms with E-state index in [1.165, 1.54) is 26.4 Å². The number of methoxy groups -OCH3 is 2. The largest absolute Gasteiger partial charge is 0.497 e. The van der Waals surface area contributed by atoms with Crippen LogP contribution in [0.2, 0.25) is 0 Å². The highest BCUT2D eigenvalue weighted by Gasteiger charge is 2.34. The SMILES string of the molecule is CCC(CO)(CO)NS(=O)(=O)c1cc(OC)ccc1OC. The van der Waals surface area contributed by atoms with Crippen molar-refractivity contribution in [3.8, 4) is 11.5 Å². The Labute approximate surface area is 124 Å². The Hall–Kier alpha value is -1.35. The molecule has 0 heterocycles. The lowest BCUT2D eigenvalue weighted by atomic mass is 10.0. The monoisotopic (exact) mass is 319 g/mol. The van der Waals surface area contributed by atoms with Gasteiger partial charge in [-0.15, -0.1) is 0 Å². The summed E-state index contributed by atoms with van der Waals surface area (Å²) in [5.41, 5.74) is -1.33. The van der Waals surface area contributed by atoms with Crippen LogP contribution in [0.25, 0.3) is 0 Å². The Morgan fingerprint density at radius 1 is 1.19 bits per heavy atom. The van der Waals surface area contributed by atoms with Crippen LogP contribution in [0, 0.1) is 0 Å². The van der Waals surface area contributed by atoms with E-state index < -0.39 is 28.8 Å². The maximum atomic E-state index is 12.5. The standard InChI is InChI=1S/C13H21NO6S/c1-4-13(8-15,9-16)14-21(17,18)12-7-10(19-2)5-6-11(12)20-3/h5-7,14-16H,4,8-9H2,1-3H3. The fourth-order valence-electron chi connectivity index (χ4n) is 1.74. The van der Waals surface area contributed by atoms with Crippen molar-refractivity contribution >= 4 is 10.0 Å². The minimum atomic E-state index is -4.00. The highest BCUT2D eigenvalue weighted by atomic mass is 32.2. The van der Waals surface area contributed by atoms with Crippen LogP contribution in [0.5, 0.6) is 11.5 Å². The molecule has 0 bridgehead atoms. The van der Waals surface area contributed by atoms with Gasteiger partial charge in [-0.1, -0.05) is 6.92 Å². The molecule has 3 N–H and O–H groups in total. The van der Waals surface area contributed by atoms with E-state index in [-0.39, 0.29) is 17.1 Å². The molecule has 0 amide bonds. The van der Waals surface area contributed by atoms with Crippen LogP contribution in [0.4, 0.5) is 0 Å². The molecule has 0 fully saturated rings. The van der Waals surface area contributed by atoms with Crippen molar-refractivity contribution < 1.29 is 28.1 Å². The van der Waals surface area contributed by atoms with Crippen molar-refractivity contribution in [3.05, 3.63) is 18.2 Å². The van der Waals surface area contributed by atoms with Gasteiger partial charge in [0.25, 0.3) is 0 Å². The van der Waals surface area contributed by atoms with Gasteiger partial charge >= 0.3 is 0 Å².